The summed E-state index contributed by atoms with van der Waals surface area (Å²) in [5.74, 6) is 1.05. The first-order chi connectivity index (χ1) is 7.15. The van der Waals surface area contributed by atoms with Gasteiger partial charge in [-0.25, -0.2) is 0 Å². The van der Waals surface area contributed by atoms with Crippen LogP contribution in [-0.2, 0) is 0 Å². The van der Waals surface area contributed by atoms with Gasteiger partial charge >= 0.3 is 0 Å². The van der Waals surface area contributed by atoms with Crippen LogP contribution < -0.4 is 14.8 Å². The maximum absolute atomic E-state index is 11.6. The molecule has 15 heavy (non-hydrogen) atoms. The molecular formula is C11H15NO3. The molecule has 1 amide bonds. The normalized spacial score (nSPS) is 9.60. The first-order valence-electron chi connectivity index (χ1n) is 4.59. The van der Waals surface area contributed by atoms with Crippen molar-refractivity contribution in [2.45, 2.75) is 6.92 Å². The van der Waals surface area contributed by atoms with Crippen LogP contribution in [0.25, 0.3) is 0 Å². The summed E-state index contributed by atoms with van der Waals surface area (Å²) < 4.78 is 10.3. The smallest absolute Gasteiger partial charge is 0.255 e. The molecule has 0 saturated carbocycles. The molecule has 0 spiro atoms. The highest BCUT2D eigenvalue weighted by Gasteiger charge is 2.16. The number of ether oxygens (including phenoxy) is 2. The molecule has 0 aromatic heterocycles. The Morgan fingerprint density at radius 1 is 1.20 bits per heavy atom. The van der Waals surface area contributed by atoms with E-state index in [1.54, 1.807) is 26.3 Å². The molecule has 0 radical (unpaired) electrons. The van der Waals surface area contributed by atoms with E-state index in [1.165, 1.54) is 7.11 Å². The van der Waals surface area contributed by atoms with Crippen LogP contribution in [0.1, 0.15) is 15.9 Å². The van der Waals surface area contributed by atoms with Crippen LogP contribution >= 0.6 is 0 Å². The number of hydrogen-bond donors (Lipinski definition) is 1. The van der Waals surface area contributed by atoms with Gasteiger partial charge in [0.1, 0.15) is 11.5 Å². The zero-order valence-corrected chi connectivity index (χ0v) is 9.38. The fourth-order valence-electron chi connectivity index (χ4n) is 1.47. The molecule has 4 heteroatoms. The molecule has 1 aromatic carbocycles. The van der Waals surface area contributed by atoms with E-state index in [2.05, 4.69) is 5.32 Å². The number of rotatable bonds is 3. The van der Waals surface area contributed by atoms with E-state index in [0.717, 1.165) is 5.56 Å². The van der Waals surface area contributed by atoms with Crippen molar-refractivity contribution >= 4 is 5.91 Å². The second-order valence-electron chi connectivity index (χ2n) is 3.05. The first-order valence-corrected chi connectivity index (χ1v) is 4.59. The van der Waals surface area contributed by atoms with Crippen molar-refractivity contribution in [3.63, 3.8) is 0 Å². The lowest BCUT2D eigenvalue weighted by Gasteiger charge is -2.13. The quantitative estimate of drug-likeness (QED) is 0.818. The Morgan fingerprint density at radius 3 is 2.20 bits per heavy atom. The summed E-state index contributed by atoms with van der Waals surface area (Å²) in [5, 5.41) is 2.57. The summed E-state index contributed by atoms with van der Waals surface area (Å²) in [4.78, 5) is 11.6. The topological polar surface area (TPSA) is 47.6 Å². The zero-order valence-electron chi connectivity index (χ0n) is 9.38. The van der Waals surface area contributed by atoms with Crippen LogP contribution in [0.3, 0.4) is 0 Å². The van der Waals surface area contributed by atoms with E-state index >= 15 is 0 Å². The number of nitrogens with one attached hydrogen (secondary N) is 1. The highest BCUT2D eigenvalue weighted by Crippen LogP contribution is 2.29. The number of hydrogen-bond acceptors (Lipinski definition) is 3. The Labute approximate surface area is 89.2 Å². The van der Waals surface area contributed by atoms with Gasteiger partial charge in [0, 0.05) is 12.6 Å². The van der Waals surface area contributed by atoms with Crippen molar-refractivity contribution in [2.24, 2.45) is 0 Å². The summed E-state index contributed by atoms with van der Waals surface area (Å²) in [6, 6.07) is 3.50. The summed E-state index contributed by atoms with van der Waals surface area (Å²) in [7, 11) is 4.69. The van der Waals surface area contributed by atoms with E-state index in [9.17, 15) is 4.79 Å². The van der Waals surface area contributed by atoms with Gasteiger partial charge < -0.3 is 14.8 Å². The molecule has 0 bridgehead atoms. The predicted octanol–water partition coefficient (Wildman–Crippen LogP) is 1.37. The third kappa shape index (κ3) is 2.03. The molecular weight excluding hydrogens is 194 g/mol. The van der Waals surface area contributed by atoms with Gasteiger partial charge in [-0.05, 0) is 19.1 Å². The highest BCUT2D eigenvalue weighted by atomic mass is 16.5. The fraction of sp³-hybridized carbons (Fsp3) is 0.364. The van der Waals surface area contributed by atoms with E-state index < -0.39 is 0 Å². The molecule has 0 aliphatic carbocycles. The van der Waals surface area contributed by atoms with Gasteiger partial charge in [-0.1, -0.05) is 0 Å². The molecule has 0 atom stereocenters. The lowest BCUT2D eigenvalue weighted by atomic mass is 10.1. The molecule has 4 nitrogen and oxygen atoms in total. The van der Waals surface area contributed by atoms with Crippen molar-refractivity contribution < 1.29 is 14.3 Å². The van der Waals surface area contributed by atoms with Crippen LogP contribution in [0.15, 0.2) is 12.1 Å². The average Bonchev–Trinajstić information content (AvgIpc) is 2.27. The Morgan fingerprint density at radius 2 is 1.73 bits per heavy atom. The number of carbonyl (C=O) groups excluding carboxylic acids is 1. The van der Waals surface area contributed by atoms with Gasteiger partial charge in [0.15, 0.2) is 0 Å². The Bertz CT molecular complexity index is 374. The van der Waals surface area contributed by atoms with Crippen molar-refractivity contribution in [3.8, 4) is 11.5 Å². The minimum absolute atomic E-state index is 0.178. The van der Waals surface area contributed by atoms with Crippen molar-refractivity contribution in [2.75, 3.05) is 21.3 Å². The van der Waals surface area contributed by atoms with Gasteiger partial charge in [0.25, 0.3) is 5.91 Å². The molecule has 0 saturated heterocycles. The Hall–Kier alpha value is -1.71. The highest BCUT2D eigenvalue weighted by molar-refractivity contribution is 5.98. The van der Waals surface area contributed by atoms with E-state index in [-0.39, 0.29) is 5.91 Å². The van der Waals surface area contributed by atoms with E-state index in [0.29, 0.717) is 17.1 Å². The van der Waals surface area contributed by atoms with Gasteiger partial charge in [-0.2, -0.15) is 0 Å². The van der Waals surface area contributed by atoms with Crippen LogP contribution in [-0.4, -0.2) is 27.2 Å². The second-order valence-corrected chi connectivity index (χ2v) is 3.05. The van der Waals surface area contributed by atoms with Crippen LogP contribution in [0.5, 0.6) is 11.5 Å². The van der Waals surface area contributed by atoms with Crippen molar-refractivity contribution in [1.29, 1.82) is 0 Å². The average molecular weight is 209 g/mol. The van der Waals surface area contributed by atoms with Crippen LogP contribution in [0, 0.1) is 6.92 Å². The zero-order chi connectivity index (χ0) is 11.4. The van der Waals surface area contributed by atoms with Crippen molar-refractivity contribution in [1.82, 2.24) is 5.32 Å². The number of benzene rings is 1. The largest absolute Gasteiger partial charge is 0.496 e. The minimum Gasteiger partial charge on any atom is -0.496 e. The van der Waals surface area contributed by atoms with Crippen LogP contribution in [0.2, 0.25) is 0 Å². The molecule has 82 valence electrons. The molecule has 1 aromatic rings. The third-order valence-electron chi connectivity index (χ3n) is 2.27. The first kappa shape index (κ1) is 11.4. The summed E-state index contributed by atoms with van der Waals surface area (Å²) in [6.45, 7) is 1.83. The second kappa shape index (κ2) is 4.68. The Balaban J connectivity index is 3.35. The number of carbonyl (C=O) groups is 1. The van der Waals surface area contributed by atoms with Crippen LogP contribution in [0.4, 0.5) is 0 Å². The molecule has 1 rings (SSSR count). The molecule has 0 aliphatic heterocycles. The van der Waals surface area contributed by atoms with Gasteiger partial charge in [0.05, 0.1) is 19.8 Å². The number of amides is 1. The lowest BCUT2D eigenvalue weighted by Crippen LogP contribution is -2.20. The Kier molecular flexibility index (Phi) is 3.55. The van der Waals surface area contributed by atoms with Gasteiger partial charge in [0.2, 0.25) is 0 Å². The monoisotopic (exact) mass is 209 g/mol. The van der Waals surface area contributed by atoms with Crippen molar-refractivity contribution in [3.05, 3.63) is 23.3 Å². The predicted molar refractivity (Wildman–Crippen MR) is 57.7 cm³/mol. The molecule has 0 aliphatic rings. The number of methoxy groups -OCH3 is 2. The summed E-state index contributed by atoms with van der Waals surface area (Å²) >= 11 is 0. The third-order valence-corrected chi connectivity index (χ3v) is 2.27. The molecule has 0 fully saturated rings. The molecule has 1 N–H and O–H groups in total. The maximum atomic E-state index is 11.6. The fourth-order valence-corrected chi connectivity index (χ4v) is 1.47. The van der Waals surface area contributed by atoms with Gasteiger partial charge in [-0.3, -0.25) is 4.79 Å². The van der Waals surface area contributed by atoms with E-state index in [1.807, 2.05) is 6.92 Å². The summed E-state index contributed by atoms with van der Waals surface area (Å²) in [6.07, 6.45) is 0. The maximum Gasteiger partial charge on any atom is 0.255 e. The SMILES string of the molecule is CNC(=O)c1c(OC)ccc(OC)c1C. The standard InChI is InChI=1S/C11H15NO3/c1-7-8(14-3)5-6-9(15-4)10(7)11(13)12-2/h5-6H,1-4H3,(H,12,13). The van der Waals surface area contributed by atoms with E-state index in [4.69, 9.17) is 9.47 Å². The molecule has 0 heterocycles. The van der Waals surface area contributed by atoms with Gasteiger partial charge in [-0.15, -0.1) is 0 Å². The molecule has 0 unspecified atom stereocenters. The summed E-state index contributed by atoms with van der Waals surface area (Å²) in [5.41, 5.74) is 1.29. The minimum atomic E-state index is -0.178. The lowest BCUT2D eigenvalue weighted by molar-refractivity contribution is 0.0959.